The Morgan fingerprint density at radius 2 is 2.20 bits per heavy atom. The van der Waals surface area contributed by atoms with E-state index < -0.39 is 4.92 Å². The van der Waals surface area contributed by atoms with E-state index in [1.54, 1.807) is 19.2 Å². The molecular weight excluding hydrogens is 280 g/mol. The van der Waals surface area contributed by atoms with Crippen LogP contribution >= 0.6 is 11.6 Å². The number of nitro groups is 1. The van der Waals surface area contributed by atoms with Crippen LogP contribution in [0.1, 0.15) is 25.8 Å². The largest absolute Gasteiger partial charge is 0.383 e. The molecule has 1 aromatic rings. The summed E-state index contributed by atoms with van der Waals surface area (Å²) in [5.41, 5.74) is 1.55. The Kier molecular flexibility index (Phi) is 6.75. The van der Waals surface area contributed by atoms with E-state index in [1.165, 1.54) is 6.07 Å². The third-order valence-corrected chi connectivity index (χ3v) is 3.68. The molecule has 0 saturated heterocycles. The molecule has 0 radical (unpaired) electrons. The molecule has 0 aliphatic carbocycles. The SMILES string of the molecule is CCC(C)N(CCOC)c1ccc([N+](=O)[O-])c(CCl)c1. The molecule has 0 bridgehead atoms. The molecule has 1 unspecified atom stereocenters. The van der Waals surface area contributed by atoms with Crippen LogP contribution < -0.4 is 4.90 Å². The first kappa shape index (κ1) is 16.7. The summed E-state index contributed by atoms with van der Waals surface area (Å²) in [6.45, 7) is 5.58. The smallest absolute Gasteiger partial charge is 0.273 e. The van der Waals surface area contributed by atoms with Gasteiger partial charge in [-0.15, -0.1) is 11.6 Å². The summed E-state index contributed by atoms with van der Waals surface area (Å²) in [7, 11) is 1.66. The lowest BCUT2D eigenvalue weighted by atomic mass is 10.1. The molecule has 0 amide bonds. The standard InChI is InChI=1S/C14H21ClN2O3/c1-4-11(2)16(7-8-20-3)13-5-6-14(17(18)19)12(9-13)10-15/h5-6,9,11H,4,7-8,10H2,1-3H3. The maximum Gasteiger partial charge on any atom is 0.273 e. The van der Waals surface area contributed by atoms with E-state index in [4.69, 9.17) is 16.3 Å². The third kappa shape index (κ3) is 4.08. The molecule has 1 rings (SSSR count). The quantitative estimate of drug-likeness (QED) is 0.418. The van der Waals surface area contributed by atoms with Crippen LogP contribution in [0.25, 0.3) is 0 Å². The van der Waals surface area contributed by atoms with Crippen molar-refractivity contribution in [2.75, 3.05) is 25.2 Å². The Balaban J connectivity index is 3.10. The van der Waals surface area contributed by atoms with Crippen molar-refractivity contribution in [1.29, 1.82) is 0 Å². The van der Waals surface area contributed by atoms with Gasteiger partial charge in [0.2, 0.25) is 0 Å². The average molecular weight is 301 g/mol. The van der Waals surface area contributed by atoms with Crippen molar-refractivity contribution in [1.82, 2.24) is 0 Å². The van der Waals surface area contributed by atoms with Gasteiger partial charge in [-0.25, -0.2) is 0 Å². The van der Waals surface area contributed by atoms with Gasteiger partial charge in [-0.2, -0.15) is 0 Å². The molecule has 112 valence electrons. The first-order chi connectivity index (χ1) is 9.54. The maximum absolute atomic E-state index is 10.9. The zero-order valence-corrected chi connectivity index (χ0v) is 12.9. The summed E-state index contributed by atoms with van der Waals surface area (Å²) in [4.78, 5) is 12.7. The fourth-order valence-corrected chi connectivity index (χ4v) is 2.26. The van der Waals surface area contributed by atoms with Gasteiger partial charge in [-0.05, 0) is 25.5 Å². The van der Waals surface area contributed by atoms with Gasteiger partial charge in [0.15, 0.2) is 0 Å². The summed E-state index contributed by atoms with van der Waals surface area (Å²) >= 11 is 5.82. The number of methoxy groups -OCH3 is 1. The highest BCUT2D eigenvalue weighted by atomic mass is 35.5. The lowest BCUT2D eigenvalue weighted by molar-refractivity contribution is -0.385. The fraction of sp³-hybridized carbons (Fsp3) is 0.571. The minimum absolute atomic E-state index is 0.0691. The number of alkyl halides is 1. The molecule has 6 heteroatoms. The van der Waals surface area contributed by atoms with Crippen molar-refractivity contribution < 1.29 is 9.66 Å². The average Bonchev–Trinajstić information content (AvgIpc) is 2.46. The highest BCUT2D eigenvalue weighted by Gasteiger charge is 2.18. The Labute approximate surface area is 124 Å². The molecule has 0 aliphatic rings. The van der Waals surface area contributed by atoms with E-state index in [2.05, 4.69) is 18.7 Å². The van der Waals surface area contributed by atoms with E-state index in [0.717, 1.165) is 18.7 Å². The highest BCUT2D eigenvalue weighted by Crippen LogP contribution is 2.27. The summed E-state index contributed by atoms with van der Waals surface area (Å²) < 4.78 is 5.13. The van der Waals surface area contributed by atoms with E-state index in [9.17, 15) is 10.1 Å². The molecule has 1 aromatic carbocycles. The molecule has 20 heavy (non-hydrogen) atoms. The molecular formula is C14H21ClN2O3. The molecule has 0 saturated carbocycles. The molecule has 0 heterocycles. The monoisotopic (exact) mass is 300 g/mol. The van der Waals surface area contributed by atoms with Gasteiger partial charge >= 0.3 is 0 Å². The van der Waals surface area contributed by atoms with E-state index in [0.29, 0.717) is 18.2 Å². The minimum Gasteiger partial charge on any atom is -0.383 e. The van der Waals surface area contributed by atoms with Gasteiger partial charge in [0, 0.05) is 37.0 Å². The van der Waals surface area contributed by atoms with Gasteiger partial charge in [-0.3, -0.25) is 10.1 Å². The first-order valence-electron chi connectivity index (χ1n) is 6.64. The number of nitrogens with zero attached hydrogens (tertiary/aromatic N) is 2. The molecule has 0 aliphatic heterocycles. The van der Waals surface area contributed by atoms with E-state index in [1.807, 2.05) is 0 Å². The topological polar surface area (TPSA) is 55.6 Å². The fourth-order valence-electron chi connectivity index (χ4n) is 2.05. The Bertz CT molecular complexity index is 454. The summed E-state index contributed by atoms with van der Waals surface area (Å²) in [6.07, 6.45) is 0.983. The van der Waals surface area contributed by atoms with E-state index in [-0.39, 0.29) is 11.6 Å². The van der Waals surface area contributed by atoms with Gasteiger partial charge in [0.05, 0.1) is 17.4 Å². The van der Waals surface area contributed by atoms with Crippen LogP contribution in [0.3, 0.4) is 0 Å². The lowest BCUT2D eigenvalue weighted by Crippen LogP contribution is -2.35. The van der Waals surface area contributed by atoms with Crippen molar-refractivity contribution in [3.63, 3.8) is 0 Å². The molecule has 0 N–H and O–H groups in total. The van der Waals surface area contributed by atoms with Gasteiger partial charge in [-0.1, -0.05) is 6.92 Å². The molecule has 1 atom stereocenters. The normalized spacial score (nSPS) is 12.2. The predicted octanol–water partition coefficient (Wildman–Crippen LogP) is 3.58. The van der Waals surface area contributed by atoms with Gasteiger partial charge in [0.1, 0.15) is 0 Å². The second-order valence-corrected chi connectivity index (χ2v) is 4.91. The van der Waals surface area contributed by atoms with Crippen molar-refractivity contribution in [2.24, 2.45) is 0 Å². The van der Waals surface area contributed by atoms with E-state index >= 15 is 0 Å². The highest BCUT2D eigenvalue weighted by molar-refractivity contribution is 6.17. The zero-order valence-electron chi connectivity index (χ0n) is 12.1. The number of nitro benzene ring substituents is 1. The Hall–Kier alpha value is -1.33. The van der Waals surface area contributed by atoms with Crippen molar-refractivity contribution in [2.45, 2.75) is 32.2 Å². The first-order valence-corrected chi connectivity index (χ1v) is 7.17. The van der Waals surface area contributed by atoms with Crippen molar-refractivity contribution in [3.8, 4) is 0 Å². The van der Waals surface area contributed by atoms with Crippen LogP contribution in [-0.4, -0.2) is 31.2 Å². The molecule has 0 fully saturated rings. The number of anilines is 1. The molecule has 0 aromatic heterocycles. The van der Waals surface area contributed by atoms with Crippen LogP contribution in [0, 0.1) is 10.1 Å². The van der Waals surface area contributed by atoms with Gasteiger partial charge < -0.3 is 9.64 Å². The lowest BCUT2D eigenvalue weighted by Gasteiger charge is -2.30. The number of ether oxygens (including phenoxy) is 1. The van der Waals surface area contributed by atoms with Crippen molar-refractivity contribution in [3.05, 3.63) is 33.9 Å². The van der Waals surface area contributed by atoms with Crippen molar-refractivity contribution >= 4 is 23.0 Å². The molecule has 0 spiro atoms. The Morgan fingerprint density at radius 3 is 2.70 bits per heavy atom. The number of benzene rings is 1. The summed E-state index contributed by atoms with van der Waals surface area (Å²) in [5.74, 6) is 0.128. The van der Waals surface area contributed by atoms with Crippen LogP contribution in [0.5, 0.6) is 0 Å². The number of halogens is 1. The zero-order chi connectivity index (χ0) is 15.1. The number of hydrogen-bond donors (Lipinski definition) is 0. The predicted molar refractivity (Wildman–Crippen MR) is 81.6 cm³/mol. The molecule has 5 nitrogen and oxygen atoms in total. The minimum atomic E-state index is -0.399. The van der Waals surface area contributed by atoms with Crippen LogP contribution in [0.4, 0.5) is 11.4 Å². The second-order valence-electron chi connectivity index (χ2n) is 4.65. The second kappa shape index (κ2) is 8.07. The summed E-state index contributed by atoms with van der Waals surface area (Å²) in [5, 5.41) is 10.9. The van der Waals surface area contributed by atoms with Gasteiger partial charge in [0.25, 0.3) is 5.69 Å². The third-order valence-electron chi connectivity index (χ3n) is 3.39. The number of rotatable bonds is 8. The Morgan fingerprint density at radius 1 is 1.50 bits per heavy atom. The van der Waals surface area contributed by atoms with Crippen LogP contribution in [0.15, 0.2) is 18.2 Å². The maximum atomic E-state index is 10.9. The van der Waals surface area contributed by atoms with Crippen LogP contribution in [-0.2, 0) is 10.6 Å². The van der Waals surface area contributed by atoms with Crippen LogP contribution in [0.2, 0.25) is 0 Å². The summed E-state index contributed by atoms with van der Waals surface area (Å²) in [6, 6.07) is 5.42. The number of hydrogen-bond acceptors (Lipinski definition) is 4.